The van der Waals surface area contributed by atoms with Crippen LogP contribution in [-0.4, -0.2) is 21.2 Å². The maximum atomic E-state index is 11.5. The van der Waals surface area contributed by atoms with Crippen molar-refractivity contribution in [2.75, 3.05) is 5.75 Å². The van der Waals surface area contributed by atoms with Crippen molar-refractivity contribution < 1.29 is 9.21 Å². The highest BCUT2D eigenvalue weighted by Gasteiger charge is 2.06. The van der Waals surface area contributed by atoms with Crippen molar-refractivity contribution in [3.05, 3.63) is 36.5 Å². The zero-order valence-electron chi connectivity index (χ0n) is 9.42. The molecule has 0 radical (unpaired) electrons. The minimum atomic E-state index is -0.0330. The van der Waals surface area contributed by atoms with E-state index in [9.17, 15) is 4.79 Å². The van der Waals surface area contributed by atoms with Gasteiger partial charge in [0.15, 0.2) is 5.16 Å². The molecule has 0 atom stereocenters. The molecule has 0 saturated heterocycles. The van der Waals surface area contributed by atoms with Crippen molar-refractivity contribution in [1.82, 2.24) is 14.9 Å². The van der Waals surface area contributed by atoms with Crippen LogP contribution >= 0.6 is 11.8 Å². The van der Waals surface area contributed by atoms with E-state index < -0.39 is 0 Å². The van der Waals surface area contributed by atoms with E-state index in [0.717, 1.165) is 10.9 Å². The van der Waals surface area contributed by atoms with Gasteiger partial charge in [0.25, 0.3) is 0 Å². The fraction of sp³-hybridized carbons (Fsp3) is 0.273. The number of hydrogen-bond acceptors (Lipinski definition) is 4. The molecule has 2 aromatic rings. The van der Waals surface area contributed by atoms with E-state index in [0.29, 0.717) is 12.3 Å². The summed E-state index contributed by atoms with van der Waals surface area (Å²) in [5, 5.41) is 3.61. The number of furan rings is 1. The monoisotopic (exact) mass is 251 g/mol. The first-order valence-corrected chi connectivity index (χ1v) is 6.13. The molecule has 2 heterocycles. The SMILES string of the molecule is Cn1ccnc1SCC(=O)NCc1ccco1. The second-order valence-corrected chi connectivity index (χ2v) is 4.41. The predicted octanol–water partition coefficient (Wildman–Crippen LogP) is 1.42. The van der Waals surface area contributed by atoms with Crippen molar-refractivity contribution in [2.24, 2.45) is 7.05 Å². The van der Waals surface area contributed by atoms with E-state index in [-0.39, 0.29) is 5.91 Å². The summed E-state index contributed by atoms with van der Waals surface area (Å²) < 4.78 is 6.99. The summed E-state index contributed by atoms with van der Waals surface area (Å²) in [5.41, 5.74) is 0. The Balaban J connectivity index is 1.73. The van der Waals surface area contributed by atoms with Crippen LogP contribution in [0.1, 0.15) is 5.76 Å². The van der Waals surface area contributed by atoms with Crippen LogP contribution in [0.25, 0.3) is 0 Å². The lowest BCUT2D eigenvalue weighted by Crippen LogP contribution is -2.24. The van der Waals surface area contributed by atoms with E-state index in [1.165, 1.54) is 11.8 Å². The molecule has 0 aliphatic carbocycles. The summed E-state index contributed by atoms with van der Waals surface area (Å²) in [5.74, 6) is 1.07. The molecule has 0 aromatic carbocycles. The summed E-state index contributed by atoms with van der Waals surface area (Å²) in [6.07, 6.45) is 5.15. The number of hydrogen-bond donors (Lipinski definition) is 1. The van der Waals surface area contributed by atoms with E-state index in [1.54, 1.807) is 18.5 Å². The Labute approximate surface area is 103 Å². The molecule has 2 aromatic heterocycles. The first kappa shape index (κ1) is 11.8. The third-order valence-electron chi connectivity index (χ3n) is 2.15. The largest absolute Gasteiger partial charge is 0.467 e. The van der Waals surface area contributed by atoms with Crippen LogP contribution in [0.3, 0.4) is 0 Å². The maximum Gasteiger partial charge on any atom is 0.230 e. The molecule has 0 bridgehead atoms. The molecule has 5 nitrogen and oxygen atoms in total. The van der Waals surface area contributed by atoms with Crippen molar-refractivity contribution in [2.45, 2.75) is 11.7 Å². The highest BCUT2D eigenvalue weighted by molar-refractivity contribution is 7.99. The molecule has 0 fully saturated rings. The summed E-state index contributed by atoms with van der Waals surface area (Å²) in [4.78, 5) is 15.7. The molecular weight excluding hydrogens is 238 g/mol. The number of aromatic nitrogens is 2. The molecule has 0 unspecified atom stereocenters. The standard InChI is InChI=1S/C11H13N3O2S/c1-14-5-4-12-11(14)17-8-10(15)13-7-9-3-2-6-16-9/h2-6H,7-8H2,1H3,(H,13,15). The fourth-order valence-electron chi connectivity index (χ4n) is 1.27. The minimum Gasteiger partial charge on any atom is -0.467 e. The smallest absolute Gasteiger partial charge is 0.230 e. The number of amides is 1. The van der Waals surface area contributed by atoms with E-state index in [1.807, 2.05) is 23.9 Å². The van der Waals surface area contributed by atoms with Gasteiger partial charge >= 0.3 is 0 Å². The van der Waals surface area contributed by atoms with Gasteiger partial charge in [-0.1, -0.05) is 11.8 Å². The van der Waals surface area contributed by atoms with Gasteiger partial charge in [-0.15, -0.1) is 0 Å². The Kier molecular flexibility index (Phi) is 3.87. The van der Waals surface area contributed by atoms with Gasteiger partial charge in [-0.3, -0.25) is 4.79 Å². The molecule has 2 rings (SSSR count). The van der Waals surface area contributed by atoms with Crippen LogP contribution in [-0.2, 0) is 18.4 Å². The molecular formula is C11H13N3O2S. The fourth-order valence-corrected chi connectivity index (χ4v) is 2.03. The van der Waals surface area contributed by atoms with Gasteiger partial charge < -0.3 is 14.3 Å². The van der Waals surface area contributed by atoms with E-state index >= 15 is 0 Å². The Hall–Kier alpha value is -1.69. The molecule has 0 aliphatic heterocycles. The number of thioether (sulfide) groups is 1. The molecule has 17 heavy (non-hydrogen) atoms. The summed E-state index contributed by atoms with van der Waals surface area (Å²) in [6, 6.07) is 3.62. The lowest BCUT2D eigenvalue weighted by molar-refractivity contribution is -0.118. The molecule has 1 amide bonds. The minimum absolute atomic E-state index is 0.0330. The number of rotatable bonds is 5. The van der Waals surface area contributed by atoms with Crippen molar-refractivity contribution in [3.8, 4) is 0 Å². The second kappa shape index (κ2) is 5.58. The molecule has 1 N–H and O–H groups in total. The van der Waals surface area contributed by atoms with Gasteiger partial charge in [0, 0.05) is 19.4 Å². The van der Waals surface area contributed by atoms with Crippen LogP contribution in [0.15, 0.2) is 40.4 Å². The Bertz CT molecular complexity index is 479. The van der Waals surface area contributed by atoms with Crippen molar-refractivity contribution in [3.63, 3.8) is 0 Å². The van der Waals surface area contributed by atoms with Gasteiger partial charge in [0.2, 0.25) is 5.91 Å². The number of aryl methyl sites for hydroxylation is 1. The number of nitrogens with zero attached hydrogens (tertiary/aromatic N) is 2. The van der Waals surface area contributed by atoms with Crippen LogP contribution in [0.2, 0.25) is 0 Å². The quantitative estimate of drug-likeness (QED) is 0.816. The maximum absolute atomic E-state index is 11.5. The molecule has 90 valence electrons. The van der Waals surface area contributed by atoms with Gasteiger partial charge in [0.05, 0.1) is 18.6 Å². The summed E-state index contributed by atoms with van der Waals surface area (Å²) >= 11 is 1.41. The number of carbonyl (C=O) groups excluding carboxylic acids is 1. The molecule has 6 heteroatoms. The topological polar surface area (TPSA) is 60.1 Å². The van der Waals surface area contributed by atoms with Crippen LogP contribution in [0.5, 0.6) is 0 Å². The normalized spacial score (nSPS) is 10.4. The van der Waals surface area contributed by atoms with Gasteiger partial charge in [-0.25, -0.2) is 4.98 Å². The number of carbonyl (C=O) groups is 1. The average Bonchev–Trinajstić information content (AvgIpc) is 2.95. The summed E-state index contributed by atoms with van der Waals surface area (Å²) in [6.45, 7) is 0.424. The Morgan fingerprint density at radius 2 is 2.53 bits per heavy atom. The Morgan fingerprint density at radius 1 is 1.65 bits per heavy atom. The average molecular weight is 251 g/mol. The first-order chi connectivity index (χ1) is 8.25. The lowest BCUT2D eigenvalue weighted by Gasteiger charge is -2.03. The van der Waals surface area contributed by atoms with Gasteiger partial charge in [-0.05, 0) is 12.1 Å². The highest BCUT2D eigenvalue weighted by atomic mass is 32.2. The van der Waals surface area contributed by atoms with E-state index in [2.05, 4.69) is 10.3 Å². The molecule has 0 saturated carbocycles. The van der Waals surface area contributed by atoms with Crippen LogP contribution in [0, 0.1) is 0 Å². The number of nitrogens with one attached hydrogen (secondary N) is 1. The zero-order valence-corrected chi connectivity index (χ0v) is 10.2. The highest BCUT2D eigenvalue weighted by Crippen LogP contribution is 2.13. The second-order valence-electron chi connectivity index (χ2n) is 3.47. The number of imidazole rings is 1. The summed E-state index contributed by atoms with van der Waals surface area (Å²) in [7, 11) is 1.90. The van der Waals surface area contributed by atoms with Gasteiger partial charge in [-0.2, -0.15) is 0 Å². The third-order valence-corrected chi connectivity index (χ3v) is 3.21. The van der Waals surface area contributed by atoms with Gasteiger partial charge in [0.1, 0.15) is 5.76 Å². The van der Waals surface area contributed by atoms with E-state index in [4.69, 9.17) is 4.42 Å². The molecule has 0 aliphatic rings. The first-order valence-electron chi connectivity index (χ1n) is 5.15. The van der Waals surface area contributed by atoms with Crippen LogP contribution in [0.4, 0.5) is 0 Å². The predicted molar refractivity (Wildman–Crippen MR) is 64.5 cm³/mol. The zero-order chi connectivity index (χ0) is 12.1. The lowest BCUT2D eigenvalue weighted by atomic mass is 10.4. The third kappa shape index (κ3) is 3.39. The molecule has 0 spiro atoms. The van der Waals surface area contributed by atoms with Crippen LogP contribution < -0.4 is 5.32 Å². The van der Waals surface area contributed by atoms with Crippen molar-refractivity contribution in [1.29, 1.82) is 0 Å². The van der Waals surface area contributed by atoms with Crippen molar-refractivity contribution >= 4 is 17.7 Å². The Morgan fingerprint density at radius 3 is 3.18 bits per heavy atom.